The maximum atomic E-state index is 11.4. The molecule has 1 atom stereocenters. The Balaban J connectivity index is 4.09. The molecule has 0 aromatic rings. The standard InChI is InChI=1S/C19H36O4/c1-6-7-8-9-11-17(13-14-18(21-4)22-5)12-10-15-23-19(20)16(2)3/h17-18H,2,6-15H2,1,3-5H3. The van der Waals surface area contributed by atoms with E-state index < -0.39 is 0 Å². The Morgan fingerprint density at radius 1 is 0.957 bits per heavy atom. The third kappa shape index (κ3) is 12.2. The molecule has 0 rings (SSSR count). The fraction of sp³-hybridized carbons (Fsp3) is 0.842. The molecule has 4 heteroatoms. The summed E-state index contributed by atoms with van der Waals surface area (Å²) in [4.78, 5) is 11.4. The van der Waals surface area contributed by atoms with E-state index >= 15 is 0 Å². The highest BCUT2D eigenvalue weighted by molar-refractivity contribution is 5.86. The van der Waals surface area contributed by atoms with Gasteiger partial charge in [-0.25, -0.2) is 4.79 Å². The van der Waals surface area contributed by atoms with Gasteiger partial charge in [-0.05, 0) is 38.5 Å². The second kappa shape index (κ2) is 14.7. The first kappa shape index (κ1) is 22.1. The SMILES string of the molecule is C=C(C)C(=O)OCCCC(CCCCCC)CCC(OC)OC. The van der Waals surface area contributed by atoms with Crippen molar-refractivity contribution in [1.82, 2.24) is 0 Å². The summed E-state index contributed by atoms with van der Waals surface area (Å²) < 4.78 is 15.7. The van der Waals surface area contributed by atoms with E-state index in [4.69, 9.17) is 14.2 Å². The number of esters is 1. The summed E-state index contributed by atoms with van der Waals surface area (Å²) in [5.74, 6) is 0.353. The first-order valence-electron chi connectivity index (χ1n) is 8.93. The summed E-state index contributed by atoms with van der Waals surface area (Å²) >= 11 is 0. The van der Waals surface area contributed by atoms with Gasteiger partial charge in [-0.3, -0.25) is 0 Å². The van der Waals surface area contributed by atoms with Crippen LogP contribution in [0.1, 0.15) is 71.6 Å². The molecule has 0 fully saturated rings. The van der Waals surface area contributed by atoms with Gasteiger partial charge in [0.05, 0.1) is 6.61 Å². The number of carbonyl (C=O) groups excluding carboxylic acids is 1. The van der Waals surface area contributed by atoms with Gasteiger partial charge in [0.15, 0.2) is 6.29 Å². The van der Waals surface area contributed by atoms with Crippen molar-refractivity contribution < 1.29 is 19.0 Å². The van der Waals surface area contributed by atoms with Crippen LogP contribution in [0.4, 0.5) is 0 Å². The Kier molecular flexibility index (Phi) is 14.1. The second-order valence-corrected chi connectivity index (χ2v) is 6.25. The van der Waals surface area contributed by atoms with Gasteiger partial charge in [-0.2, -0.15) is 0 Å². The molecular weight excluding hydrogens is 292 g/mol. The summed E-state index contributed by atoms with van der Waals surface area (Å²) in [6.45, 7) is 7.98. The molecule has 4 nitrogen and oxygen atoms in total. The number of unbranched alkanes of at least 4 members (excludes halogenated alkanes) is 3. The van der Waals surface area contributed by atoms with Crippen LogP contribution >= 0.6 is 0 Å². The van der Waals surface area contributed by atoms with Gasteiger partial charge >= 0.3 is 5.97 Å². The lowest BCUT2D eigenvalue weighted by Gasteiger charge is -2.20. The molecule has 1 unspecified atom stereocenters. The Morgan fingerprint density at radius 2 is 1.61 bits per heavy atom. The van der Waals surface area contributed by atoms with Crippen molar-refractivity contribution >= 4 is 5.97 Å². The van der Waals surface area contributed by atoms with Gasteiger partial charge in [0.1, 0.15) is 0 Å². The lowest BCUT2D eigenvalue weighted by atomic mass is 9.91. The molecule has 0 spiro atoms. The van der Waals surface area contributed by atoms with Gasteiger partial charge in [0.2, 0.25) is 0 Å². The second-order valence-electron chi connectivity index (χ2n) is 6.25. The molecule has 0 saturated carbocycles. The van der Waals surface area contributed by atoms with Crippen molar-refractivity contribution in [2.45, 2.75) is 77.9 Å². The highest BCUT2D eigenvalue weighted by Gasteiger charge is 2.13. The Labute approximate surface area is 142 Å². The Bertz CT molecular complexity index is 310. The summed E-state index contributed by atoms with van der Waals surface area (Å²) in [6, 6.07) is 0. The number of methoxy groups -OCH3 is 2. The molecule has 136 valence electrons. The molecule has 0 N–H and O–H groups in total. The van der Waals surface area contributed by atoms with Crippen molar-refractivity contribution in [3.63, 3.8) is 0 Å². The van der Waals surface area contributed by atoms with Crippen LogP contribution in [0.2, 0.25) is 0 Å². The van der Waals surface area contributed by atoms with Gasteiger partial charge in [-0.1, -0.05) is 45.6 Å². The first-order chi connectivity index (χ1) is 11.0. The highest BCUT2D eigenvalue weighted by atomic mass is 16.7. The monoisotopic (exact) mass is 328 g/mol. The number of hydrogen-bond donors (Lipinski definition) is 0. The van der Waals surface area contributed by atoms with E-state index in [1.54, 1.807) is 21.1 Å². The quantitative estimate of drug-likeness (QED) is 0.186. The summed E-state index contributed by atoms with van der Waals surface area (Å²) in [5, 5.41) is 0. The maximum Gasteiger partial charge on any atom is 0.333 e. The van der Waals surface area contributed by atoms with Gasteiger partial charge < -0.3 is 14.2 Å². The zero-order chi connectivity index (χ0) is 17.5. The third-order valence-electron chi connectivity index (χ3n) is 4.14. The van der Waals surface area contributed by atoms with Crippen molar-refractivity contribution in [2.75, 3.05) is 20.8 Å². The molecule has 0 amide bonds. The molecule has 0 bridgehead atoms. The van der Waals surface area contributed by atoms with Crippen LogP contribution in [0.3, 0.4) is 0 Å². The number of hydrogen-bond acceptors (Lipinski definition) is 4. The first-order valence-corrected chi connectivity index (χ1v) is 8.93. The van der Waals surface area contributed by atoms with E-state index in [0.29, 0.717) is 18.1 Å². The van der Waals surface area contributed by atoms with Crippen LogP contribution < -0.4 is 0 Å². The Hall–Kier alpha value is -0.870. The average molecular weight is 328 g/mol. The Morgan fingerprint density at radius 3 is 2.17 bits per heavy atom. The lowest BCUT2D eigenvalue weighted by molar-refractivity contribution is -0.139. The predicted molar refractivity (Wildman–Crippen MR) is 94.3 cm³/mol. The molecular formula is C19H36O4. The largest absolute Gasteiger partial charge is 0.462 e. The van der Waals surface area contributed by atoms with Crippen LogP contribution in [0.5, 0.6) is 0 Å². The van der Waals surface area contributed by atoms with Gasteiger partial charge in [0.25, 0.3) is 0 Å². The summed E-state index contributed by atoms with van der Waals surface area (Å²) in [7, 11) is 3.36. The van der Waals surface area contributed by atoms with Gasteiger partial charge in [0, 0.05) is 19.8 Å². The minimum atomic E-state index is -0.289. The van der Waals surface area contributed by atoms with Crippen molar-refractivity contribution in [2.24, 2.45) is 5.92 Å². The molecule has 0 radical (unpaired) electrons. The highest BCUT2D eigenvalue weighted by Crippen LogP contribution is 2.23. The van der Waals surface area contributed by atoms with E-state index in [2.05, 4.69) is 13.5 Å². The van der Waals surface area contributed by atoms with E-state index in [1.165, 1.54) is 32.1 Å². The minimum absolute atomic E-state index is 0.116. The minimum Gasteiger partial charge on any atom is -0.462 e. The smallest absolute Gasteiger partial charge is 0.333 e. The molecule has 23 heavy (non-hydrogen) atoms. The number of rotatable bonds is 15. The normalized spacial score (nSPS) is 12.4. The van der Waals surface area contributed by atoms with Crippen molar-refractivity contribution in [1.29, 1.82) is 0 Å². The third-order valence-corrected chi connectivity index (χ3v) is 4.14. The fourth-order valence-electron chi connectivity index (χ4n) is 2.66. The maximum absolute atomic E-state index is 11.4. The molecule has 0 saturated heterocycles. The van der Waals surface area contributed by atoms with E-state index in [1.807, 2.05) is 0 Å². The molecule has 0 aliphatic heterocycles. The lowest BCUT2D eigenvalue weighted by Crippen LogP contribution is -2.15. The van der Waals surface area contributed by atoms with Crippen LogP contribution in [0, 0.1) is 5.92 Å². The molecule has 0 aromatic heterocycles. The van der Waals surface area contributed by atoms with E-state index in [-0.39, 0.29) is 12.3 Å². The zero-order valence-electron chi connectivity index (χ0n) is 15.6. The molecule has 0 aromatic carbocycles. The van der Waals surface area contributed by atoms with Crippen LogP contribution in [-0.4, -0.2) is 33.1 Å². The van der Waals surface area contributed by atoms with E-state index in [9.17, 15) is 4.79 Å². The molecule has 0 aliphatic rings. The molecule has 0 aliphatic carbocycles. The summed E-state index contributed by atoms with van der Waals surface area (Å²) in [5.41, 5.74) is 0.462. The van der Waals surface area contributed by atoms with Crippen molar-refractivity contribution in [3.8, 4) is 0 Å². The fourth-order valence-corrected chi connectivity index (χ4v) is 2.66. The van der Waals surface area contributed by atoms with Crippen molar-refractivity contribution in [3.05, 3.63) is 12.2 Å². The molecule has 0 heterocycles. The number of carbonyl (C=O) groups is 1. The van der Waals surface area contributed by atoms with E-state index in [0.717, 1.165) is 25.7 Å². The predicted octanol–water partition coefficient (Wildman–Crippen LogP) is 4.87. The van der Waals surface area contributed by atoms with Crippen LogP contribution in [0.15, 0.2) is 12.2 Å². The average Bonchev–Trinajstić information content (AvgIpc) is 2.55. The summed E-state index contributed by atoms with van der Waals surface area (Å²) in [6.07, 6.45) is 10.2. The topological polar surface area (TPSA) is 44.8 Å². The van der Waals surface area contributed by atoms with Crippen LogP contribution in [-0.2, 0) is 19.0 Å². The van der Waals surface area contributed by atoms with Crippen LogP contribution in [0.25, 0.3) is 0 Å². The van der Waals surface area contributed by atoms with Gasteiger partial charge in [-0.15, -0.1) is 0 Å². The number of ether oxygens (including phenoxy) is 3. The zero-order valence-corrected chi connectivity index (χ0v) is 15.6.